The molecule has 8 nitrogen and oxygen atoms in total. The second-order valence-electron chi connectivity index (χ2n) is 11.0. The molecular weight excluding hydrogens is 608 g/mol. The topological polar surface area (TPSA) is 118 Å². The number of alkyl halides is 3. The Bertz CT molecular complexity index is 1530. The highest BCUT2D eigenvalue weighted by atomic mass is 35.5. The van der Waals surface area contributed by atoms with E-state index in [1.807, 2.05) is 13.8 Å². The van der Waals surface area contributed by atoms with Crippen molar-refractivity contribution in [3.8, 4) is 22.8 Å². The van der Waals surface area contributed by atoms with Gasteiger partial charge in [-0.05, 0) is 74.4 Å². The van der Waals surface area contributed by atoms with Crippen LogP contribution in [0.25, 0.3) is 11.3 Å². The number of carbonyl (C=O) groups excluding carboxylic acids is 1. The predicted octanol–water partition coefficient (Wildman–Crippen LogP) is 6.66. The standard InChI is InChI=1S/C31H33ClF4N2O6/c1-17(2)38-29(3,4)20-14-23(18-6-8-22(33)21(32)12-18)37-27(15-20)30(42,31(34,35)36)11-10-24(39)19-7-9-25(26(13-19)43-5)44-16-28(40)41/h6-9,12-15,17,38,42H,10-11,16H2,1-5H3,(H,40,41). The summed E-state index contributed by atoms with van der Waals surface area (Å²) in [5, 5.41) is 23.1. The van der Waals surface area contributed by atoms with Crippen LogP contribution in [0, 0.1) is 5.82 Å². The zero-order chi connectivity index (χ0) is 33.0. The summed E-state index contributed by atoms with van der Waals surface area (Å²) < 4.78 is 68.2. The van der Waals surface area contributed by atoms with Crippen molar-refractivity contribution in [3.05, 3.63) is 76.2 Å². The van der Waals surface area contributed by atoms with E-state index in [0.717, 1.165) is 12.1 Å². The van der Waals surface area contributed by atoms with Gasteiger partial charge in [-0.1, -0.05) is 25.4 Å². The minimum atomic E-state index is -5.25. The van der Waals surface area contributed by atoms with Crippen LogP contribution in [0.5, 0.6) is 11.5 Å². The first-order valence-electron chi connectivity index (χ1n) is 13.5. The van der Waals surface area contributed by atoms with E-state index in [4.69, 9.17) is 26.2 Å². The van der Waals surface area contributed by atoms with E-state index < -0.39 is 60.0 Å². The minimum Gasteiger partial charge on any atom is -0.493 e. The number of carbonyl (C=O) groups is 2. The fraction of sp³-hybridized carbons (Fsp3) is 0.387. The van der Waals surface area contributed by atoms with Crippen molar-refractivity contribution in [1.82, 2.24) is 10.3 Å². The van der Waals surface area contributed by atoms with Crippen molar-refractivity contribution in [2.45, 2.75) is 63.9 Å². The molecule has 0 fully saturated rings. The van der Waals surface area contributed by atoms with Gasteiger partial charge in [0.2, 0.25) is 5.60 Å². The van der Waals surface area contributed by atoms with Gasteiger partial charge in [0.1, 0.15) is 5.82 Å². The molecule has 0 bridgehead atoms. The number of halogens is 5. The first-order chi connectivity index (χ1) is 20.4. The van der Waals surface area contributed by atoms with Gasteiger partial charge in [0, 0.05) is 29.1 Å². The molecule has 0 aliphatic heterocycles. The summed E-state index contributed by atoms with van der Waals surface area (Å²) in [4.78, 5) is 28.0. The number of aliphatic carboxylic acids is 1. The summed E-state index contributed by atoms with van der Waals surface area (Å²) in [5.41, 5.74) is -4.67. The third kappa shape index (κ3) is 8.04. The number of hydrogen-bond acceptors (Lipinski definition) is 7. The molecule has 0 aliphatic rings. The Morgan fingerprint density at radius 3 is 2.30 bits per heavy atom. The molecule has 3 aromatic rings. The number of ether oxygens (including phenoxy) is 2. The van der Waals surface area contributed by atoms with Crippen molar-refractivity contribution in [2.24, 2.45) is 0 Å². The summed E-state index contributed by atoms with van der Waals surface area (Å²) in [6, 6.07) is 9.93. The highest BCUT2D eigenvalue weighted by molar-refractivity contribution is 6.31. The van der Waals surface area contributed by atoms with E-state index in [9.17, 15) is 32.3 Å². The molecule has 0 amide bonds. The minimum absolute atomic E-state index is 0.0000327. The third-order valence-corrected chi connectivity index (χ3v) is 7.14. The molecule has 3 rings (SSSR count). The second kappa shape index (κ2) is 13.5. The number of aliphatic hydroxyl groups is 1. The molecule has 238 valence electrons. The Labute approximate surface area is 257 Å². The monoisotopic (exact) mass is 640 g/mol. The lowest BCUT2D eigenvalue weighted by molar-refractivity contribution is -0.270. The van der Waals surface area contributed by atoms with Crippen LogP contribution < -0.4 is 14.8 Å². The normalized spacial score (nSPS) is 13.5. The summed E-state index contributed by atoms with van der Waals surface area (Å²) in [7, 11) is 1.25. The Hall–Kier alpha value is -3.74. The third-order valence-electron chi connectivity index (χ3n) is 6.86. The van der Waals surface area contributed by atoms with E-state index in [-0.39, 0.29) is 39.4 Å². The number of methoxy groups -OCH3 is 1. The molecule has 3 N–H and O–H groups in total. The van der Waals surface area contributed by atoms with E-state index in [2.05, 4.69) is 10.3 Å². The Morgan fingerprint density at radius 2 is 1.73 bits per heavy atom. The number of aromatic nitrogens is 1. The molecular formula is C31H33ClF4N2O6. The summed E-state index contributed by atoms with van der Waals surface area (Å²) in [6.07, 6.45) is -7.07. The lowest BCUT2D eigenvalue weighted by atomic mass is 9.85. The molecule has 13 heteroatoms. The number of nitrogens with one attached hydrogen (secondary N) is 1. The second-order valence-corrected chi connectivity index (χ2v) is 11.4. The number of carboxylic acids is 1. The maximum Gasteiger partial charge on any atom is 0.422 e. The van der Waals surface area contributed by atoms with E-state index >= 15 is 0 Å². The van der Waals surface area contributed by atoms with Gasteiger partial charge in [0.25, 0.3) is 0 Å². The van der Waals surface area contributed by atoms with Crippen molar-refractivity contribution >= 4 is 23.4 Å². The average molecular weight is 641 g/mol. The van der Waals surface area contributed by atoms with Crippen LogP contribution in [0.15, 0.2) is 48.5 Å². The van der Waals surface area contributed by atoms with E-state index in [0.29, 0.717) is 5.56 Å². The van der Waals surface area contributed by atoms with Gasteiger partial charge in [-0.15, -0.1) is 0 Å². The predicted molar refractivity (Wildman–Crippen MR) is 156 cm³/mol. The summed E-state index contributed by atoms with van der Waals surface area (Å²) >= 11 is 5.95. The van der Waals surface area contributed by atoms with Gasteiger partial charge in [-0.25, -0.2) is 14.2 Å². The zero-order valence-electron chi connectivity index (χ0n) is 24.7. The SMILES string of the molecule is COc1cc(C(=O)CCC(O)(c2cc(C(C)(C)NC(C)C)cc(-c3ccc(F)c(Cl)c3)n2)C(F)(F)F)ccc1OCC(=O)O. The van der Waals surface area contributed by atoms with Gasteiger partial charge in [0.15, 0.2) is 23.9 Å². The van der Waals surface area contributed by atoms with Crippen molar-refractivity contribution in [1.29, 1.82) is 0 Å². The van der Waals surface area contributed by atoms with Gasteiger partial charge in [-0.3, -0.25) is 4.79 Å². The highest BCUT2D eigenvalue weighted by Gasteiger charge is 2.56. The quantitative estimate of drug-likeness (QED) is 0.140. The van der Waals surface area contributed by atoms with Crippen molar-refractivity contribution < 1.29 is 46.8 Å². The number of carboxylic acid groups (broad SMARTS) is 1. The Balaban J connectivity index is 2.06. The summed E-state index contributed by atoms with van der Waals surface area (Å²) in [6.45, 7) is 6.55. The number of Topliss-reactive ketones (excluding diaryl/α,β-unsaturated/α-hetero) is 1. The smallest absolute Gasteiger partial charge is 0.422 e. The van der Waals surface area contributed by atoms with Gasteiger partial charge in [0.05, 0.1) is 23.5 Å². The van der Waals surface area contributed by atoms with Crippen LogP contribution in [0.3, 0.4) is 0 Å². The Kier molecular flexibility index (Phi) is 10.7. The zero-order valence-corrected chi connectivity index (χ0v) is 25.4. The molecule has 0 radical (unpaired) electrons. The summed E-state index contributed by atoms with van der Waals surface area (Å²) in [5.74, 6) is -2.70. The molecule has 1 aromatic heterocycles. The highest BCUT2D eigenvalue weighted by Crippen LogP contribution is 2.44. The van der Waals surface area contributed by atoms with Crippen LogP contribution in [-0.2, 0) is 15.9 Å². The lowest BCUT2D eigenvalue weighted by Gasteiger charge is -2.34. The fourth-order valence-electron chi connectivity index (χ4n) is 4.67. The maximum atomic E-state index is 14.7. The van der Waals surface area contributed by atoms with Crippen LogP contribution >= 0.6 is 11.6 Å². The van der Waals surface area contributed by atoms with Gasteiger partial charge in [-0.2, -0.15) is 13.2 Å². The van der Waals surface area contributed by atoms with Crippen molar-refractivity contribution in [2.75, 3.05) is 13.7 Å². The number of hydrogen-bond donors (Lipinski definition) is 3. The van der Waals surface area contributed by atoms with Crippen LogP contribution in [0.2, 0.25) is 5.02 Å². The van der Waals surface area contributed by atoms with Gasteiger partial charge < -0.3 is 25.0 Å². The number of ketones is 1. The van der Waals surface area contributed by atoms with Crippen molar-refractivity contribution in [3.63, 3.8) is 0 Å². The first kappa shape index (κ1) is 34.7. The van der Waals surface area contributed by atoms with E-state index in [1.54, 1.807) is 13.8 Å². The lowest BCUT2D eigenvalue weighted by Crippen LogP contribution is -2.45. The average Bonchev–Trinajstić information content (AvgIpc) is 2.94. The number of nitrogens with zero attached hydrogens (tertiary/aromatic N) is 1. The molecule has 0 aliphatic carbocycles. The molecule has 44 heavy (non-hydrogen) atoms. The Morgan fingerprint density at radius 1 is 1.05 bits per heavy atom. The van der Waals surface area contributed by atoms with Crippen LogP contribution in [0.1, 0.15) is 62.2 Å². The number of benzene rings is 2. The first-order valence-corrected chi connectivity index (χ1v) is 13.9. The number of pyridine rings is 1. The maximum absolute atomic E-state index is 14.7. The molecule has 1 atom stereocenters. The van der Waals surface area contributed by atoms with E-state index in [1.165, 1.54) is 43.5 Å². The van der Waals surface area contributed by atoms with Crippen LogP contribution in [-0.4, -0.2) is 52.9 Å². The molecule has 1 heterocycles. The molecule has 0 spiro atoms. The number of rotatable bonds is 13. The molecule has 2 aromatic carbocycles. The van der Waals surface area contributed by atoms with Crippen LogP contribution in [0.4, 0.5) is 17.6 Å². The van der Waals surface area contributed by atoms with Gasteiger partial charge >= 0.3 is 12.1 Å². The molecule has 0 saturated heterocycles. The molecule has 0 saturated carbocycles. The largest absolute Gasteiger partial charge is 0.493 e. The fourth-order valence-corrected chi connectivity index (χ4v) is 4.85. The molecule has 1 unspecified atom stereocenters.